The first-order valence-corrected chi connectivity index (χ1v) is 19.7. The lowest BCUT2D eigenvalue weighted by Gasteiger charge is -2.34. The molecule has 0 saturated carbocycles. The SMILES string of the molecule is C=CCOc1ccccc1[Si](C)(C)C1c2cc(-c3ccccc3C(C)(C)C)ccc2-c2ccc(-c3ccccc3C(C)(C)C)cc21. The third kappa shape index (κ3) is 5.69. The maximum absolute atomic E-state index is 6.32. The second-order valence-corrected chi connectivity index (χ2v) is 20.0. The number of benzene rings is 5. The van der Waals surface area contributed by atoms with E-state index in [0.717, 1.165) is 5.75 Å². The number of ether oxygens (including phenoxy) is 1. The van der Waals surface area contributed by atoms with Crippen molar-refractivity contribution in [3.05, 3.63) is 144 Å². The van der Waals surface area contributed by atoms with Crippen LogP contribution in [0, 0.1) is 0 Å². The highest BCUT2D eigenvalue weighted by atomic mass is 28.3. The standard InChI is InChI=1S/C44H48OSi/c1-10-27-45-40-21-15-16-22-41(40)46(8,9)42-36-28-30(32-17-11-13-19-38(32)43(2,3)4)23-25-34(36)35-26-24-31(29-37(35)42)33-18-12-14-20-39(33)44(5,6)7/h10-26,28-29,42H,1,27H2,2-9H3. The third-order valence-electron chi connectivity index (χ3n) is 9.77. The minimum atomic E-state index is -2.25. The maximum atomic E-state index is 6.32. The normalized spacial score (nSPS) is 13.3. The summed E-state index contributed by atoms with van der Waals surface area (Å²) in [4.78, 5) is 0. The summed E-state index contributed by atoms with van der Waals surface area (Å²) in [6.45, 7) is 23.3. The van der Waals surface area contributed by atoms with Crippen molar-refractivity contribution in [3.63, 3.8) is 0 Å². The van der Waals surface area contributed by atoms with Crippen molar-refractivity contribution in [2.75, 3.05) is 6.61 Å². The Morgan fingerprint density at radius 2 is 1.07 bits per heavy atom. The lowest BCUT2D eigenvalue weighted by molar-refractivity contribution is 0.366. The van der Waals surface area contributed by atoms with Crippen LogP contribution in [0.1, 0.15) is 69.3 Å². The van der Waals surface area contributed by atoms with Crippen molar-refractivity contribution in [1.82, 2.24) is 0 Å². The van der Waals surface area contributed by atoms with E-state index in [1.807, 2.05) is 6.08 Å². The topological polar surface area (TPSA) is 9.23 Å². The van der Waals surface area contributed by atoms with Gasteiger partial charge in [-0.1, -0.05) is 170 Å². The molecule has 234 valence electrons. The van der Waals surface area contributed by atoms with Crippen molar-refractivity contribution in [2.45, 2.75) is 71.0 Å². The smallest absolute Gasteiger partial charge is 0.119 e. The van der Waals surface area contributed by atoms with Crippen LogP contribution in [0.15, 0.2) is 122 Å². The molecule has 0 aromatic heterocycles. The number of hydrogen-bond acceptors (Lipinski definition) is 1. The van der Waals surface area contributed by atoms with E-state index in [2.05, 4.69) is 170 Å². The van der Waals surface area contributed by atoms with Crippen LogP contribution in [-0.4, -0.2) is 14.7 Å². The van der Waals surface area contributed by atoms with Gasteiger partial charge >= 0.3 is 0 Å². The highest BCUT2D eigenvalue weighted by Crippen LogP contribution is 2.52. The van der Waals surface area contributed by atoms with Gasteiger partial charge in [-0.2, -0.15) is 0 Å². The van der Waals surface area contributed by atoms with Gasteiger partial charge in [-0.25, -0.2) is 0 Å². The fraction of sp³-hybridized carbons (Fsp3) is 0.273. The molecule has 0 saturated heterocycles. The minimum absolute atomic E-state index is 0.0444. The molecule has 0 radical (unpaired) electrons. The molecule has 6 rings (SSSR count). The fourth-order valence-electron chi connectivity index (χ4n) is 7.58. The van der Waals surface area contributed by atoms with Gasteiger partial charge in [-0.15, -0.1) is 0 Å². The van der Waals surface area contributed by atoms with Crippen molar-refractivity contribution >= 4 is 13.3 Å². The first kappa shape index (κ1) is 31.8. The highest BCUT2D eigenvalue weighted by Gasteiger charge is 2.44. The van der Waals surface area contributed by atoms with Crippen LogP contribution >= 0.6 is 0 Å². The molecule has 0 amide bonds. The van der Waals surface area contributed by atoms with Crippen molar-refractivity contribution in [2.24, 2.45) is 0 Å². The molecule has 1 aliphatic carbocycles. The molecule has 0 aliphatic heterocycles. The summed E-state index contributed by atoms with van der Waals surface area (Å²) in [5.74, 6) is 0.984. The summed E-state index contributed by atoms with van der Waals surface area (Å²) in [5.41, 5.74) is 13.9. The molecule has 0 N–H and O–H groups in total. The molecule has 2 heteroatoms. The zero-order valence-corrected chi connectivity index (χ0v) is 29.9. The molecule has 5 aromatic carbocycles. The molecule has 1 nitrogen and oxygen atoms in total. The molecule has 0 bridgehead atoms. The largest absolute Gasteiger partial charge is 0.490 e. The van der Waals surface area contributed by atoms with Crippen LogP contribution in [0.25, 0.3) is 33.4 Å². The molecule has 0 spiro atoms. The zero-order valence-electron chi connectivity index (χ0n) is 28.9. The van der Waals surface area contributed by atoms with Gasteiger partial charge in [0.15, 0.2) is 0 Å². The summed E-state index contributed by atoms with van der Waals surface area (Å²) in [6, 6.07) is 41.0. The van der Waals surface area contributed by atoms with E-state index in [1.165, 1.54) is 60.8 Å². The van der Waals surface area contributed by atoms with Gasteiger partial charge in [-0.3, -0.25) is 0 Å². The Kier molecular flexibility index (Phi) is 8.23. The van der Waals surface area contributed by atoms with Gasteiger partial charge in [-0.05, 0) is 77.7 Å². The zero-order chi connectivity index (χ0) is 32.9. The van der Waals surface area contributed by atoms with Gasteiger partial charge in [0.05, 0.1) is 8.07 Å². The second-order valence-electron chi connectivity index (χ2n) is 15.4. The molecule has 0 heterocycles. The van der Waals surface area contributed by atoms with Crippen LogP contribution in [0.2, 0.25) is 13.1 Å². The van der Waals surface area contributed by atoms with Crippen LogP contribution < -0.4 is 9.92 Å². The molecular weight excluding hydrogens is 573 g/mol. The van der Waals surface area contributed by atoms with Crippen molar-refractivity contribution < 1.29 is 4.74 Å². The predicted molar refractivity (Wildman–Crippen MR) is 201 cm³/mol. The molecule has 0 unspecified atom stereocenters. The summed E-state index contributed by atoms with van der Waals surface area (Å²) >= 11 is 0. The Labute approximate surface area is 278 Å². The Bertz CT molecular complexity index is 1810. The van der Waals surface area contributed by atoms with E-state index >= 15 is 0 Å². The van der Waals surface area contributed by atoms with Crippen LogP contribution in [-0.2, 0) is 10.8 Å². The first-order valence-electron chi connectivity index (χ1n) is 16.6. The Morgan fingerprint density at radius 3 is 1.54 bits per heavy atom. The number of rotatable bonds is 7. The van der Waals surface area contributed by atoms with Crippen LogP contribution in [0.5, 0.6) is 5.75 Å². The monoisotopic (exact) mass is 620 g/mol. The first-order chi connectivity index (χ1) is 21.8. The van der Waals surface area contributed by atoms with E-state index in [4.69, 9.17) is 4.74 Å². The quantitative estimate of drug-likeness (QED) is 0.130. The highest BCUT2D eigenvalue weighted by molar-refractivity contribution is 6.92. The summed E-state index contributed by atoms with van der Waals surface area (Å²) < 4.78 is 6.32. The average molecular weight is 621 g/mol. The average Bonchev–Trinajstić information content (AvgIpc) is 3.36. The molecule has 0 atom stereocenters. The van der Waals surface area contributed by atoms with Gasteiger partial charge in [0.25, 0.3) is 0 Å². The number of fused-ring (bicyclic) bond motifs is 3. The van der Waals surface area contributed by atoms with Gasteiger partial charge in [0.1, 0.15) is 12.4 Å². The second kappa shape index (κ2) is 11.9. The molecule has 5 aromatic rings. The van der Waals surface area contributed by atoms with E-state index < -0.39 is 8.07 Å². The molecule has 0 fully saturated rings. The lowest BCUT2D eigenvalue weighted by Crippen LogP contribution is -2.48. The maximum Gasteiger partial charge on any atom is 0.119 e. The van der Waals surface area contributed by atoms with Gasteiger partial charge in [0, 0.05) is 5.54 Å². The van der Waals surface area contributed by atoms with E-state index in [9.17, 15) is 0 Å². The summed E-state index contributed by atoms with van der Waals surface area (Å²) in [7, 11) is -2.25. The summed E-state index contributed by atoms with van der Waals surface area (Å²) in [5, 5.41) is 1.35. The van der Waals surface area contributed by atoms with Crippen LogP contribution in [0.3, 0.4) is 0 Å². The van der Waals surface area contributed by atoms with E-state index in [0.29, 0.717) is 6.61 Å². The molecule has 46 heavy (non-hydrogen) atoms. The van der Waals surface area contributed by atoms with Crippen molar-refractivity contribution in [3.8, 4) is 39.1 Å². The van der Waals surface area contributed by atoms with Crippen LogP contribution in [0.4, 0.5) is 0 Å². The van der Waals surface area contributed by atoms with E-state index in [1.54, 1.807) is 0 Å². The molecule has 1 aliphatic rings. The van der Waals surface area contributed by atoms with E-state index in [-0.39, 0.29) is 16.4 Å². The Balaban J connectivity index is 1.59. The Morgan fingerprint density at radius 1 is 0.609 bits per heavy atom. The van der Waals surface area contributed by atoms with Gasteiger partial charge in [0.2, 0.25) is 0 Å². The van der Waals surface area contributed by atoms with Crippen molar-refractivity contribution in [1.29, 1.82) is 0 Å². The molecular formula is C44H48OSi. The Hall–Kier alpha value is -4.14. The van der Waals surface area contributed by atoms with Gasteiger partial charge < -0.3 is 4.74 Å². The third-order valence-corrected chi connectivity index (χ3v) is 13.6. The lowest BCUT2D eigenvalue weighted by atomic mass is 9.81. The number of para-hydroxylation sites is 1. The predicted octanol–water partition coefficient (Wildman–Crippen LogP) is 11.4. The minimum Gasteiger partial charge on any atom is -0.490 e. The number of hydrogen-bond donors (Lipinski definition) is 0. The summed E-state index contributed by atoms with van der Waals surface area (Å²) in [6.07, 6.45) is 1.84. The fourth-order valence-corrected chi connectivity index (χ4v) is 11.2.